The summed E-state index contributed by atoms with van der Waals surface area (Å²) in [5, 5.41) is 1.29. The topological polar surface area (TPSA) is 52.0 Å². The number of rotatable bonds is 4. The second kappa shape index (κ2) is 6.10. The number of halogens is 1. The minimum atomic E-state index is 0.122. The summed E-state index contributed by atoms with van der Waals surface area (Å²) >= 11 is 7.76. The van der Waals surface area contributed by atoms with Crippen molar-refractivity contribution >= 4 is 34.5 Å². The van der Waals surface area contributed by atoms with Crippen molar-refractivity contribution in [2.75, 3.05) is 0 Å². The molecule has 21 heavy (non-hydrogen) atoms. The number of nitrogens with zero attached hydrogens (tertiary/aromatic N) is 1. The van der Waals surface area contributed by atoms with E-state index in [1.807, 2.05) is 49.4 Å². The van der Waals surface area contributed by atoms with Gasteiger partial charge in [-0.1, -0.05) is 29.8 Å². The molecule has 2 N–H and O–H groups in total. The molecule has 3 rings (SSSR count). The van der Waals surface area contributed by atoms with E-state index in [1.165, 1.54) is 11.8 Å². The molecule has 2 aromatic carbocycles. The molecule has 0 bridgehead atoms. The lowest BCUT2D eigenvalue weighted by molar-refractivity contribution is 0.489. The number of nitrogens with two attached hydrogens (primary N) is 1. The molecule has 0 amide bonds. The Morgan fingerprint density at radius 2 is 2.10 bits per heavy atom. The van der Waals surface area contributed by atoms with Crippen molar-refractivity contribution in [3.63, 3.8) is 0 Å². The van der Waals surface area contributed by atoms with Gasteiger partial charge in [-0.3, -0.25) is 0 Å². The molecular formula is C16H15ClN2OS. The van der Waals surface area contributed by atoms with Gasteiger partial charge in [0.15, 0.2) is 5.58 Å². The Kier molecular flexibility index (Phi) is 4.19. The molecule has 3 aromatic rings. The Labute approximate surface area is 132 Å². The third kappa shape index (κ3) is 3.40. The average Bonchev–Trinajstić information content (AvgIpc) is 2.83. The van der Waals surface area contributed by atoms with Gasteiger partial charge in [0.25, 0.3) is 5.22 Å². The summed E-state index contributed by atoms with van der Waals surface area (Å²) in [6.07, 6.45) is 0.813. The van der Waals surface area contributed by atoms with Crippen molar-refractivity contribution in [1.29, 1.82) is 0 Å². The lowest BCUT2D eigenvalue weighted by Crippen LogP contribution is -2.17. The predicted octanol–water partition coefficient (Wildman–Crippen LogP) is 4.52. The molecule has 3 nitrogen and oxygen atoms in total. The number of fused-ring (bicyclic) bond motifs is 1. The zero-order valence-corrected chi connectivity index (χ0v) is 13.1. The van der Waals surface area contributed by atoms with Crippen LogP contribution >= 0.6 is 23.4 Å². The van der Waals surface area contributed by atoms with Gasteiger partial charge in [0.1, 0.15) is 5.52 Å². The molecule has 1 heterocycles. The van der Waals surface area contributed by atoms with Gasteiger partial charge in [0, 0.05) is 10.9 Å². The summed E-state index contributed by atoms with van der Waals surface area (Å²) in [7, 11) is 0. The minimum Gasteiger partial charge on any atom is -0.431 e. The normalized spacial score (nSPS) is 12.7. The van der Waals surface area contributed by atoms with Crippen LogP contribution in [0.2, 0.25) is 5.02 Å². The zero-order valence-electron chi connectivity index (χ0n) is 11.5. The number of para-hydroxylation sites is 2. The maximum absolute atomic E-state index is 6.33. The van der Waals surface area contributed by atoms with E-state index < -0.39 is 0 Å². The van der Waals surface area contributed by atoms with Crippen LogP contribution in [-0.4, -0.2) is 11.0 Å². The number of aromatic nitrogens is 1. The fourth-order valence-corrected chi connectivity index (χ4v) is 3.19. The summed E-state index contributed by atoms with van der Waals surface area (Å²) in [6.45, 7) is 1.98. The van der Waals surface area contributed by atoms with Gasteiger partial charge in [-0.25, -0.2) is 4.98 Å². The monoisotopic (exact) mass is 318 g/mol. The highest BCUT2D eigenvalue weighted by molar-refractivity contribution is 7.99. The van der Waals surface area contributed by atoms with E-state index in [9.17, 15) is 0 Å². The average molecular weight is 319 g/mol. The third-order valence-electron chi connectivity index (χ3n) is 3.03. The molecule has 108 valence electrons. The molecule has 0 fully saturated rings. The number of hydrogen-bond donors (Lipinski definition) is 1. The first-order chi connectivity index (χ1) is 10.1. The largest absolute Gasteiger partial charge is 0.431 e. The molecule has 0 saturated heterocycles. The highest BCUT2D eigenvalue weighted by Gasteiger charge is 2.10. The first-order valence-corrected chi connectivity index (χ1v) is 7.89. The first kappa shape index (κ1) is 14.4. The highest BCUT2D eigenvalue weighted by Crippen LogP contribution is 2.34. The fourth-order valence-electron chi connectivity index (χ4n) is 2.11. The van der Waals surface area contributed by atoms with Crippen LogP contribution in [0.25, 0.3) is 11.1 Å². The van der Waals surface area contributed by atoms with Crippen molar-refractivity contribution in [3.05, 3.63) is 53.1 Å². The smallest absolute Gasteiger partial charge is 0.261 e. The van der Waals surface area contributed by atoms with Crippen LogP contribution < -0.4 is 5.73 Å². The van der Waals surface area contributed by atoms with Crippen molar-refractivity contribution in [2.24, 2.45) is 5.73 Å². The molecular weight excluding hydrogens is 304 g/mol. The second-order valence-electron chi connectivity index (χ2n) is 5.00. The fraction of sp³-hybridized carbons (Fsp3) is 0.188. The Bertz CT molecular complexity index is 737. The van der Waals surface area contributed by atoms with Crippen LogP contribution in [0.4, 0.5) is 0 Å². The second-order valence-corrected chi connectivity index (χ2v) is 6.40. The van der Waals surface area contributed by atoms with E-state index in [0.717, 1.165) is 28.0 Å². The summed E-state index contributed by atoms with van der Waals surface area (Å²) in [4.78, 5) is 5.37. The first-order valence-electron chi connectivity index (χ1n) is 6.69. The number of hydrogen-bond acceptors (Lipinski definition) is 4. The molecule has 0 aliphatic heterocycles. The molecule has 0 saturated carbocycles. The third-order valence-corrected chi connectivity index (χ3v) is 4.38. The maximum Gasteiger partial charge on any atom is 0.261 e. The molecule has 1 atom stereocenters. The SMILES string of the molecule is CC(N)Cc1ccc(Sc2nc3ccccc3o2)c(Cl)c1. The maximum atomic E-state index is 6.33. The molecule has 0 radical (unpaired) electrons. The van der Waals surface area contributed by atoms with E-state index in [4.69, 9.17) is 21.8 Å². The van der Waals surface area contributed by atoms with Gasteiger partial charge in [-0.05, 0) is 54.9 Å². The van der Waals surface area contributed by atoms with E-state index >= 15 is 0 Å². The Hall–Kier alpha value is -1.49. The van der Waals surface area contributed by atoms with Gasteiger partial charge < -0.3 is 10.2 Å². The standard InChI is InChI=1S/C16H15ClN2OS/c1-10(18)8-11-6-7-15(12(17)9-11)21-16-19-13-4-2-3-5-14(13)20-16/h2-7,9-10H,8,18H2,1H3. The van der Waals surface area contributed by atoms with Crippen LogP contribution in [0, 0.1) is 0 Å². The molecule has 1 aromatic heterocycles. The molecule has 5 heteroatoms. The van der Waals surface area contributed by atoms with Gasteiger partial charge >= 0.3 is 0 Å². The highest BCUT2D eigenvalue weighted by atomic mass is 35.5. The van der Waals surface area contributed by atoms with E-state index in [1.54, 1.807) is 0 Å². The lowest BCUT2D eigenvalue weighted by Gasteiger charge is -2.07. The van der Waals surface area contributed by atoms with Gasteiger partial charge in [-0.15, -0.1) is 0 Å². The van der Waals surface area contributed by atoms with Crippen LogP contribution in [0.5, 0.6) is 0 Å². The summed E-state index contributed by atoms with van der Waals surface area (Å²) < 4.78 is 5.69. The predicted molar refractivity (Wildman–Crippen MR) is 86.9 cm³/mol. The Morgan fingerprint density at radius 3 is 2.81 bits per heavy atom. The van der Waals surface area contributed by atoms with Crippen molar-refractivity contribution in [1.82, 2.24) is 4.98 Å². The number of oxazole rings is 1. The Balaban J connectivity index is 1.84. The molecule has 0 aliphatic carbocycles. The van der Waals surface area contributed by atoms with E-state index in [2.05, 4.69) is 4.98 Å². The van der Waals surface area contributed by atoms with Crippen molar-refractivity contribution in [3.8, 4) is 0 Å². The van der Waals surface area contributed by atoms with Gasteiger partial charge in [0.2, 0.25) is 0 Å². The van der Waals surface area contributed by atoms with Crippen LogP contribution in [0.3, 0.4) is 0 Å². The number of benzene rings is 2. The van der Waals surface area contributed by atoms with E-state index in [-0.39, 0.29) is 6.04 Å². The minimum absolute atomic E-state index is 0.122. The Morgan fingerprint density at radius 1 is 1.29 bits per heavy atom. The molecule has 0 aliphatic rings. The zero-order chi connectivity index (χ0) is 14.8. The van der Waals surface area contributed by atoms with Crippen molar-refractivity contribution in [2.45, 2.75) is 29.5 Å². The summed E-state index contributed by atoms with van der Waals surface area (Å²) in [5.41, 5.74) is 8.58. The summed E-state index contributed by atoms with van der Waals surface area (Å²) in [6, 6.07) is 13.8. The summed E-state index contributed by atoms with van der Waals surface area (Å²) in [5.74, 6) is 0. The van der Waals surface area contributed by atoms with Crippen LogP contribution in [-0.2, 0) is 6.42 Å². The van der Waals surface area contributed by atoms with Crippen LogP contribution in [0.1, 0.15) is 12.5 Å². The molecule has 0 spiro atoms. The van der Waals surface area contributed by atoms with Crippen LogP contribution in [0.15, 0.2) is 57.0 Å². The van der Waals surface area contributed by atoms with Gasteiger partial charge in [-0.2, -0.15) is 0 Å². The quantitative estimate of drug-likeness (QED) is 0.768. The lowest BCUT2D eigenvalue weighted by atomic mass is 10.1. The van der Waals surface area contributed by atoms with Crippen molar-refractivity contribution < 1.29 is 4.42 Å². The molecule has 1 unspecified atom stereocenters. The van der Waals surface area contributed by atoms with E-state index in [0.29, 0.717) is 10.2 Å². The van der Waals surface area contributed by atoms with Gasteiger partial charge in [0.05, 0.1) is 5.02 Å².